The third kappa shape index (κ3) is 1.80. The molecule has 1 aliphatic rings. The van der Waals surface area contributed by atoms with Gasteiger partial charge < -0.3 is 4.74 Å². The van der Waals surface area contributed by atoms with Gasteiger partial charge in [0.05, 0.1) is 12.6 Å². The van der Waals surface area contributed by atoms with Crippen LogP contribution in [0.25, 0.3) is 0 Å². The predicted octanol–water partition coefficient (Wildman–Crippen LogP) is 1.36. The Balaban J connectivity index is 2.13. The summed E-state index contributed by atoms with van der Waals surface area (Å²) in [7, 11) is 1.71. The Morgan fingerprint density at radius 3 is 3.14 bits per heavy atom. The van der Waals surface area contributed by atoms with E-state index in [0.29, 0.717) is 12.6 Å². The fourth-order valence-corrected chi connectivity index (χ4v) is 1.91. The van der Waals surface area contributed by atoms with Gasteiger partial charge in [-0.2, -0.15) is 5.10 Å². The van der Waals surface area contributed by atoms with Crippen LogP contribution in [0.4, 0.5) is 0 Å². The van der Waals surface area contributed by atoms with Crippen LogP contribution in [0.3, 0.4) is 0 Å². The van der Waals surface area contributed by atoms with Gasteiger partial charge in [0.1, 0.15) is 5.82 Å². The summed E-state index contributed by atoms with van der Waals surface area (Å²) in [5.74, 6) is 2.07. The number of hydrogen-bond acceptors (Lipinski definition) is 3. The van der Waals surface area contributed by atoms with Crippen molar-refractivity contribution in [1.82, 2.24) is 14.8 Å². The molecule has 0 radical (unpaired) electrons. The molecule has 1 aromatic rings. The molecule has 14 heavy (non-hydrogen) atoms. The third-order valence-electron chi connectivity index (χ3n) is 2.72. The summed E-state index contributed by atoms with van der Waals surface area (Å²) >= 11 is 0. The Morgan fingerprint density at radius 2 is 2.43 bits per heavy atom. The average molecular weight is 195 g/mol. The van der Waals surface area contributed by atoms with E-state index in [-0.39, 0.29) is 0 Å². The molecule has 0 amide bonds. The van der Waals surface area contributed by atoms with Crippen molar-refractivity contribution in [1.29, 1.82) is 0 Å². The Morgan fingerprint density at radius 1 is 1.57 bits per heavy atom. The molecule has 0 saturated carbocycles. The minimum atomic E-state index is 0.516. The highest BCUT2D eigenvalue weighted by atomic mass is 16.5. The molecular weight excluding hydrogens is 178 g/mol. The van der Waals surface area contributed by atoms with Crippen LogP contribution in [0.5, 0.6) is 0 Å². The van der Waals surface area contributed by atoms with Crippen LogP contribution in [0.1, 0.15) is 37.5 Å². The van der Waals surface area contributed by atoms with Crippen molar-refractivity contribution >= 4 is 0 Å². The lowest BCUT2D eigenvalue weighted by Gasteiger charge is -2.18. The maximum absolute atomic E-state index is 5.02. The van der Waals surface area contributed by atoms with E-state index in [4.69, 9.17) is 4.74 Å². The quantitative estimate of drug-likeness (QED) is 0.731. The van der Waals surface area contributed by atoms with E-state index in [1.165, 1.54) is 12.8 Å². The van der Waals surface area contributed by atoms with E-state index in [0.717, 1.165) is 24.5 Å². The van der Waals surface area contributed by atoms with Gasteiger partial charge in [-0.25, -0.2) is 9.67 Å². The summed E-state index contributed by atoms with van der Waals surface area (Å²) in [5.41, 5.74) is 0. The molecule has 0 saturated heterocycles. The van der Waals surface area contributed by atoms with Crippen LogP contribution >= 0.6 is 0 Å². The average Bonchev–Trinajstić information content (AvgIpc) is 2.59. The van der Waals surface area contributed by atoms with E-state index in [1.54, 1.807) is 7.11 Å². The Kier molecular flexibility index (Phi) is 2.82. The number of aromatic nitrogens is 3. The van der Waals surface area contributed by atoms with Crippen LogP contribution in [-0.4, -0.2) is 28.5 Å². The van der Waals surface area contributed by atoms with Gasteiger partial charge in [0, 0.05) is 20.0 Å². The lowest BCUT2D eigenvalue weighted by atomic mass is 10.1. The van der Waals surface area contributed by atoms with Crippen molar-refractivity contribution in [3.63, 3.8) is 0 Å². The number of methoxy groups -OCH3 is 1. The summed E-state index contributed by atoms with van der Waals surface area (Å²) < 4.78 is 7.09. The van der Waals surface area contributed by atoms with Gasteiger partial charge in [0.2, 0.25) is 0 Å². The predicted molar refractivity (Wildman–Crippen MR) is 53.3 cm³/mol. The first-order valence-electron chi connectivity index (χ1n) is 5.24. The first kappa shape index (κ1) is 9.65. The number of fused-ring (bicyclic) bond motifs is 1. The van der Waals surface area contributed by atoms with Crippen molar-refractivity contribution in [3.8, 4) is 0 Å². The Bertz CT molecular complexity index is 308. The second-order valence-corrected chi connectivity index (χ2v) is 3.87. The van der Waals surface area contributed by atoms with E-state index in [2.05, 4.69) is 21.7 Å². The van der Waals surface area contributed by atoms with Gasteiger partial charge in [-0.05, 0) is 19.8 Å². The first-order chi connectivity index (χ1) is 6.81. The minimum Gasteiger partial charge on any atom is -0.384 e. The summed E-state index contributed by atoms with van der Waals surface area (Å²) in [4.78, 5) is 4.51. The van der Waals surface area contributed by atoms with E-state index in [9.17, 15) is 0 Å². The molecule has 4 heteroatoms. The molecule has 4 nitrogen and oxygen atoms in total. The van der Waals surface area contributed by atoms with Crippen LogP contribution in [-0.2, 0) is 17.6 Å². The summed E-state index contributed by atoms with van der Waals surface area (Å²) in [6.45, 7) is 2.91. The molecule has 0 fully saturated rings. The molecular formula is C10H17N3O. The molecule has 0 N–H and O–H groups in total. The van der Waals surface area contributed by atoms with Crippen LogP contribution < -0.4 is 0 Å². The molecule has 2 rings (SSSR count). The number of aryl methyl sites for hydroxylation is 1. The Hall–Kier alpha value is -0.900. The van der Waals surface area contributed by atoms with E-state index < -0.39 is 0 Å². The standard InChI is InChI=1S/C10H17N3O/c1-8-4-3-5-10-11-9(6-7-14-2)12-13(8)10/h8H,3-7H2,1-2H3. The fraction of sp³-hybridized carbons (Fsp3) is 0.800. The molecule has 1 aliphatic heterocycles. The summed E-state index contributed by atoms with van der Waals surface area (Å²) in [5, 5.41) is 4.49. The van der Waals surface area contributed by atoms with Gasteiger partial charge in [-0.1, -0.05) is 0 Å². The smallest absolute Gasteiger partial charge is 0.153 e. The van der Waals surface area contributed by atoms with Crippen LogP contribution in [0, 0.1) is 0 Å². The zero-order valence-corrected chi connectivity index (χ0v) is 8.86. The van der Waals surface area contributed by atoms with E-state index in [1.807, 2.05) is 0 Å². The monoisotopic (exact) mass is 195 g/mol. The molecule has 1 aromatic heterocycles. The molecule has 0 bridgehead atoms. The number of ether oxygens (including phenoxy) is 1. The molecule has 2 heterocycles. The largest absolute Gasteiger partial charge is 0.384 e. The van der Waals surface area contributed by atoms with Crippen molar-refractivity contribution in [2.45, 2.75) is 38.6 Å². The maximum Gasteiger partial charge on any atom is 0.153 e. The van der Waals surface area contributed by atoms with Crippen molar-refractivity contribution in [2.75, 3.05) is 13.7 Å². The van der Waals surface area contributed by atoms with Gasteiger partial charge >= 0.3 is 0 Å². The fourth-order valence-electron chi connectivity index (χ4n) is 1.91. The SMILES string of the molecule is COCCc1nc2n(n1)C(C)CCC2. The second-order valence-electron chi connectivity index (χ2n) is 3.87. The van der Waals surface area contributed by atoms with Gasteiger partial charge in [-0.3, -0.25) is 0 Å². The Labute approximate surface area is 84.3 Å². The third-order valence-corrected chi connectivity index (χ3v) is 2.72. The molecule has 0 spiro atoms. The van der Waals surface area contributed by atoms with E-state index >= 15 is 0 Å². The topological polar surface area (TPSA) is 39.9 Å². The van der Waals surface area contributed by atoms with Gasteiger partial charge in [0.15, 0.2) is 5.82 Å². The molecule has 78 valence electrons. The highest BCUT2D eigenvalue weighted by Gasteiger charge is 2.19. The van der Waals surface area contributed by atoms with Crippen LogP contribution in [0.2, 0.25) is 0 Å². The zero-order chi connectivity index (χ0) is 9.97. The molecule has 1 unspecified atom stereocenters. The van der Waals surface area contributed by atoms with Crippen molar-refractivity contribution < 1.29 is 4.74 Å². The van der Waals surface area contributed by atoms with Crippen LogP contribution in [0.15, 0.2) is 0 Å². The van der Waals surface area contributed by atoms with Gasteiger partial charge in [-0.15, -0.1) is 0 Å². The number of hydrogen-bond donors (Lipinski definition) is 0. The minimum absolute atomic E-state index is 0.516. The van der Waals surface area contributed by atoms with Gasteiger partial charge in [0.25, 0.3) is 0 Å². The lowest BCUT2D eigenvalue weighted by Crippen LogP contribution is -2.16. The number of nitrogens with zero attached hydrogens (tertiary/aromatic N) is 3. The first-order valence-corrected chi connectivity index (χ1v) is 5.24. The summed E-state index contributed by atoms with van der Waals surface area (Å²) in [6.07, 6.45) is 4.36. The van der Waals surface area contributed by atoms with Crippen molar-refractivity contribution in [3.05, 3.63) is 11.6 Å². The lowest BCUT2D eigenvalue weighted by molar-refractivity contribution is 0.200. The molecule has 0 aliphatic carbocycles. The highest BCUT2D eigenvalue weighted by molar-refractivity contribution is 4.98. The maximum atomic E-state index is 5.02. The molecule has 1 atom stereocenters. The van der Waals surface area contributed by atoms with Crippen molar-refractivity contribution in [2.24, 2.45) is 0 Å². The summed E-state index contributed by atoms with van der Waals surface area (Å²) in [6, 6.07) is 0.516. The molecule has 0 aromatic carbocycles. The number of rotatable bonds is 3. The highest BCUT2D eigenvalue weighted by Crippen LogP contribution is 2.22. The normalized spacial score (nSPS) is 20.9. The zero-order valence-electron chi connectivity index (χ0n) is 8.86. The second kappa shape index (κ2) is 4.09.